The van der Waals surface area contributed by atoms with E-state index in [0.717, 1.165) is 5.56 Å². The summed E-state index contributed by atoms with van der Waals surface area (Å²) in [6.45, 7) is 20.6. The zero-order valence-corrected chi connectivity index (χ0v) is 43.4. The Balaban J connectivity index is 2.16. The summed E-state index contributed by atoms with van der Waals surface area (Å²) in [7, 11) is 0. The average molecular weight is 982 g/mol. The molecule has 390 valence electrons. The van der Waals surface area contributed by atoms with Crippen molar-refractivity contribution in [2.75, 3.05) is 13.2 Å². The summed E-state index contributed by atoms with van der Waals surface area (Å²) >= 11 is 0. The fraction of sp³-hybridized carbons (Fsp3) is 0.615. The quantitative estimate of drug-likeness (QED) is 0.0460. The zero-order chi connectivity index (χ0) is 52.9. The molecule has 2 aromatic rings. The number of hydrogen-bond acceptors (Lipinski definition) is 14. The van der Waals surface area contributed by atoms with Gasteiger partial charge >= 0.3 is 23.9 Å². The molecule has 0 spiro atoms. The fourth-order valence-electron chi connectivity index (χ4n) is 6.54. The molecule has 0 heterocycles. The zero-order valence-electron chi connectivity index (χ0n) is 43.4. The van der Waals surface area contributed by atoms with Gasteiger partial charge in [-0.15, -0.1) is 0 Å². The van der Waals surface area contributed by atoms with Crippen molar-refractivity contribution in [3.8, 4) is 5.75 Å². The molecule has 4 atom stereocenters. The molecular formula is C52H79N5O13. The maximum Gasteiger partial charge on any atom is 0.329 e. The molecule has 18 heteroatoms. The Hall–Kier alpha value is -6.04. The van der Waals surface area contributed by atoms with Crippen LogP contribution in [0.3, 0.4) is 0 Å². The fourth-order valence-corrected chi connectivity index (χ4v) is 6.54. The number of carbonyl (C=O) groups is 8. The summed E-state index contributed by atoms with van der Waals surface area (Å²) in [5, 5.41) is 10.9. The van der Waals surface area contributed by atoms with Crippen molar-refractivity contribution >= 4 is 47.5 Å². The Morgan fingerprint density at radius 1 is 0.500 bits per heavy atom. The lowest BCUT2D eigenvalue weighted by Crippen LogP contribution is -2.55. The van der Waals surface area contributed by atoms with Crippen LogP contribution in [0.1, 0.15) is 146 Å². The minimum Gasteiger partial charge on any atom is -0.484 e. The van der Waals surface area contributed by atoms with Crippen LogP contribution < -0.4 is 31.7 Å². The number of unbranched alkanes of at least 4 members (excludes halogenated alkanes) is 2. The summed E-state index contributed by atoms with van der Waals surface area (Å²) in [6, 6.07) is 11.0. The molecule has 0 aliphatic rings. The predicted octanol–water partition coefficient (Wildman–Crippen LogP) is 5.24. The largest absolute Gasteiger partial charge is 0.484 e. The van der Waals surface area contributed by atoms with E-state index in [1.165, 1.54) is 0 Å². The number of hydrogen-bond donors (Lipinski definition) is 5. The molecule has 0 fully saturated rings. The van der Waals surface area contributed by atoms with Crippen LogP contribution in [-0.2, 0) is 70.1 Å². The van der Waals surface area contributed by atoms with Crippen molar-refractivity contribution in [1.29, 1.82) is 0 Å². The first-order chi connectivity index (χ1) is 32.4. The number of ether oxygens (including phenoxy) is 5. The van der Waals surface area contributed by atoms with Gasteiger partial charge in [-0.1, -0.05) is 48.9 Å². The van der Waals surface area contributed by atoms with Crippen molar-refractivity contribution in [2.45, 2.75) is 194 Å². The second kappa shape index (κ2) is 28.0. The summed E-state index contributed by atoms with van der Waals surface area (Å²) in [5.41, 5.74) is 4.49. The van der Waals surface area contributed by atoms with E-state index in [9.17, 15) is 38.4 Å². The van der Waals surface area contributed by atoms with E-state index < -0.39 is 88.8 Å². The van der Waals surface area contributed by atoms with Crippen LogP contribution in [-0.4, -0.2) is 107 Å². The van der Waals surface area contributed by atoms with Gasteiger partial charge in [-0.25, -0.2) is 4.79 Å². The molecule has 0 unspecified atom stereocenters. The summed E-state index contributed by atoms with van der Waals surface area (Å²) in [6.07, 6.45) is 1.70. The third kappa shape index (κ3) is 27.2. The van der Waals surface area contributed by atoms with E-state index in [0.29, 0.717) is 37.1 Å². The van der Waals surface area contributed by atoms with Gasteiger partial charge in [0.2, 0.25) is 17.7 Å². The minimum atomic E-state index is -1.35. The molecule has 70 heavy (non-hydrogen) atoms. The topological polar surface area (TPSA) is 257 Å². The van der Waals surface area contributed by atoms with Crippen molar-refractivity contribution < 1.29 is 62.0 Å². The molecule has 2 aromatic carbocycles. The van der Waals surface area contributed by atoms with Gasteiger partial charge in [0, 0.05) is 38.6 Å². The Bertz CT molecular complexity index is 2030. The molecule has 0 bridgehead atoms. The van der Waals surface area contributed by atoms with Gasteiger partial charge < -0.3 is 50.7 Å². The van der Waals surface area contributed by atoms with Gasteiger partial charge in [-0.3, -0.25) is 33.6 Å². The van der Waals surface area contributed by atoms with Crippen molar-refractivity contribution in [3.63, 3.8) is 0 Å². The average Bonchev–Trinajstić information content (AvgIpc) is 3.22. The molecule has 6 N–H and O–H groups in total. The van der Waals surface area contributed by atoms with Crippen molar-refractivity contribution in [1.82, 2.24) is 21.3 Å². The third-order valence-electron chi connectivity index (χ3n) is 9.56. The molecule has 0 aliphatic heterocycles. The molecule has 18 nitrogen and oxygen atoms in total. The van der Waals surface area contributed by atoms with Crippen molar-refractivity contribution in [2.24, 2.45) is 5.73 Å². The van der Waals surface area contributed by atoms with E-state index in [4.69, 9.17) is 29.4 Å². The Kier molecular flexibility index (Phi) is 24.0. The predicted molar refractivity (Wildman–Crippen MR) is 263 cm³/mol. The van der Waals surface area contributed by atoms with Gasteiger partial charge in [-0.2, -0.15) is 0 Å². The number of benzene rings is 2. The highest BCUT2D eigenvalue weighted by Crippen LogP contribution is 2.18. The highest BCUT2D eigenvalue weighted by Gasteiger charge is 2.32. The highest BCUT2D eigenvalue weighted by atomic mass is 16.6. The molecule has 0 aliphatic carbocycles. The Morgan fingerprint density at radius 2 is 0.986 bits per heavy atom. The van der Waals surface area contributed by atoms with Gasteiger partial charge in [-0.05, 0) is 132 Å². The third-order valence-corrected chi connectivity index (χ3v) is 9.56. The lowest BCUT2D eigenvalue weighted by atomic mass is 10.0. The van der Waals surface area contributed by atoms with Crippen LogP contribution in [0, 0.1) is 0 Å². The van der Waals surface area contributed by atoms with Gasteiger partial charge in [0.25, 0.3) is 5.91 Å². The number of rotatable bonds is 26. The van der Waals surface area contributed by atoms with E-state index in [-0.39, 0.29) is 56.8 Å². The molecule has 0 saturated carbocycles. The first-order valence-electron chi connectivity index (χ1n) is 24.0. The second-order valence-electron chi connectivity index (χ2n) is 21.1. The first kappa shape index (κ1) is 60.1. The van der Waals surface area contributed by atoms with Gasteiger partial charge in [0.1, 0.15) is 46.3 Å². The van der Waals surface area contributed by atoms with Crippen LogP contribution in [0.5, 0.6) is 5.75 Å². The molecule has 4 amide bonds. The van der Waals surface area contributed by atoms with Crippen LogP contribution >= 0.6 is 0 Å². The molecule has 2 rings (SSSR count). The van der Waals surface area contributed by atoms with E-state index >= 15 is 0 Å². The molecule has 0 aromatic heterocycles. The van der Waals surface area contributed by atoms with Crippen LogP contribution in [0.25, 0.3) is 0 Å². The number of nitrogens with two attached hydrogens (primary N) is 1. The van der Waals surface area contributed by atoms with Crippen molar-refractivity contribution in [3.05, 3.63) is 65.7 Å². The Labute approximate surface area is 413 Å². The van der Waals surface area contributed by atoms with E-state index in [2.05, 4.69) is 21.3 Å². The SMILES string of the molecule is CC(C)(C)OC(=O)CCCCCNC(=O)[C@H](Cc1ccccc1)NC(=O)COc1ccc(C[C@H](NC(=O)[C@H](CCC(=O)OC(C)(C)C)NC(=O)[C@@H](N)CCC(=O)OC(C)(C)C)C(=O)OC(C)(C)C)cc1. The monoisotopic (exact) mass is 982 g/mol. The summed E-state index contributed by atoms with van der Waals surface area (Å²) in [4.78, 5) is 104. The smallest absolute Gasteiger partial charge is 0.329 e. The van der Waals surface area contributed by atoms with Crippen LogP contribution in [0.4, 0.5) is 0 Å². The lowest BCUT2D eigenvalue weighted by Gasteiger charge is -2.27. The van der Waals surface area contributed by atoms with Crippen LogP contribution in [0.2, 0.25) is 0 Å². The van der Waals surface area contributed by atoms with Crippen LogP contribution in [0.15, 0.2) is 54.6 Å². The second-order valence-corrected chi connectivity index (χ2v) is 21.1. The van der Waals surface area contributed by atoms with E-state index in [1.807, 2.05) is 51.1 Å². The number of esters is 4. The number of nitrogens with one attached hydrogen (secondary N) is 4. The minimum absolute atomic E-state index is 0.0659. The standard InChI is InChI=1S/C52H79N5O13/c1-49(2,3)67-42(59)21-17-14-18-30-54-46(63)39(31-34-19-15-13-16-20-34)55-41(58)33-66-36-24-22-35(23-25-36)32-40(48(65)70-52(10,11)12)57-47(64)38(27-29-44(61)69-51(7,8)9)56-45(62)37(53)26-28-43(60)68-50(4,5)6/h13,15-16,19-20,22-25,37-40H,14,17-18,21,26-33,53H2,1-12H3,(H,54,63)(H,55,58)(H,56,62)(H,57,64)/t37-,38-,39-,40-/m0/s1. The van der Waals surface area contributed by atoms with E-state index in [1.54, 1.807) is 86.6 Å². The Morgan fingerprint density at radius 3 is 1.53 bits per heavy atom. The number of amides is 4. The lowest BCUT2D eigenvalue weighted by molar-refractivity contribution is -0.159. The molecule has 0 radical (unpaired) electrons. The maximum absolute atomic E-state index is 14.0. The first-order valence-corrected chi connectivity index (χ1v) is 24.0. The molecular weight excluding hydrogens is 903 g/mol. The highest BCUT2D eigenvalue weighted by molar-refractivity contribution is 5.93. The summed E-state index contributed by atoms with van der Waals surface area (Å²) in [5.74, 6) is -4.37. The maximum atomic E-state index is 14.0. The number of carbonyl (C=O) groups excluding carboxylic acids is 8. The summed E-state index contributed by atoms with van der Waals surface area (Å²) < 4.78 is 27.5. The van der Waals surface area contributed by atoms with Gasteiger partial charge in [0.15, 0.2) is 6.61 Å². The molecule has 0 saturated heterocycles. The van der Waals surface area contributed by atoms with Gasteiger partial charge in [0.05, 0.1) is 6.04 Å². The normalized spacial score (nSPS) is 13.6.